The van der Waals surface area contributed by atoms with E-state index in [1.54, 1.807) is 19.1 Å². The summed E-state index contributed by atoms with van der Waals surface area (Å²) in [5.41, 5.74) is 3.19. The minimum absolute atomic E-state index is 0.0431. The molecule has 2 aromatic rings. The van der Waals surface area contributed by atoms with E-state index in [1.165, 1.54) is 0 Å². The number of rotatable bonds is 3. The van der Waals surface area contributed by atoms with E-state index in [0.29, 0.717) is 18.7 Å². The maximum absolute atomic E-state index is 13.7. The predicted molar refractivity (Wildman–Crippen MR) is 87.9 cm³/mol. The van der Waals surface area contributed by atoms with E-state index in [0.717, 1.165) is 35.6 Å². The minimum Gasteiger partial charge on any atom is -0.310 e. The van der Waals surface area contributed by atoms with Crippen molar-refractivity contribution < 1.29 is 4.39 Å². The first kappa shape index (κ1) is 15.9. The SMILES string of the molecule is Cc1ccc(CN2CCc3nc(C(C)C)[nH]c(=O)c3C2)cc1F. The van der Waals surface area contributed by atoms with E-state index in [-0.39, 0.29) is 17.3 Å². The molecule has 122 valence electrons. The number of nitrogens with zero attached hydrogens (tertiary/aromatic N) is 2. The standard InChI is InChI=1S/C18H22FN3O/c1-11(2)17-20-16-6-7-22(10-14(16)18(23)21-17)9-13-5-4-12(3)15(19)8-13/h4-5,8,11H,6-7,9-10H2,1-3H3,(H,20,21,23). The Morgan fingerprint density at radius 3 is 2.87 bits per heavy atom. The molecule has 0 aliphatic carbocycles. The molecule has 0 radical (unpaired) electrons. The molecule has 0 unspecified atom stereocenters. The minimum atomic E-state index is -0.180. The average Bonchev–Trinajstić information content (AvgIpc) is 2.51. The van der Waals surface area contributed by atoms with Crippen LogP contribution in [0.5, 0.6) is 0 Å². The molecule has 4 nitrogen and oxygen atoms in total. The third-order valence-electron chi connectivity index (χ3n) is 4.36. The van der Waals surface area contributed by atoms with Gasteiger partial charge in [0.1, 0.15) is 11.6 Å². The zero-order valence-electron chi connectivity index (χ0n) is 13.8. The van der Waals surface area contributed by atoms with E-state index < -0.39 is 0 Å². The van der Waals surface area contributed by atoms with Gasteiger partial charge in [-0.3, -0.25) is 9.69 Å². The van der Waals surface area contributed by atoms with Gasteiger partial charge in [0.2, 0.25) is 0 Å². The highest BCUT2D eigenvalue weighted by molar-refractivity contribution is 5.25. The van der Waals surface area contributed by atoms with E-state index in [2.05, 4.69) is 14.9 Å². The van der Waals surface area contributed by atoms with Gasteiger partial charge in [-0.15, -0.1) is 0 Å². The van der Waals surface area contributed by atoms with Crippen LogP contribution in [0.1, 0.15) is 48.0 Å². The molecule has 0 fully saturated rings. The van der Waals surface area contributed by atoms with Crippen molar-refractivity contribution in [1.29, 1.82) is 0 Å². The molecule has 0 spiro atoms. The van der Waals surface area contributed by atoms with Gasteiger partial charge in [0.05, 0.1) is 11.3 Å². The fraction of sp³-hybridized carbons (Fsp3) is 0.444. The molecule has 23 heavy (non-hydrogen) atoms. The Hall–Kier alpha value is -2.01. The predicted octanol–water partition coefficient (Wildman–Crippen LogP) is 2.90. The van der Waals surface area contributed by atoms with Gasteiger partial charge in [0.25, 0.3) is 5.56 Å². The van der Waals surface area contributed by atoms with Crippen LogP contribution < -0.4 is 5.56 Å². The molecule has 3 rings (SSSR count). The summed E-state index contributed by atoms with van der Waals surface area (Å²) < 4.78 is 13.7. The van der Waals surface area contributed by atoms with Gasteiger partial charge in [-0.1, -0.05) is 26.0 Å². The summed E-state index contributed by atoms with van der Waals surface area (Å²) in [6.45, 7) is 7.83. The highest BCUT2D eigenvalue weighted by Gasteiger charge is 2.21. The second-order valence-corrected chi connectivity index (χ2v) is 6.58. The molecule has 2 heterocycles. The van der Waals surface area contributed by atoms with Crippen molar-refractivity contribution in [1.82, 2.24) is 14.9 Å². The summed E-state index contributed by atoms with van der Waals surface area (Å²) in [6.07, 6.45) is 0.757. The number of aromatic amines is 1. The molecule has 1 aliphatic heterocycles. The van der Waals surface area contributed by atoms with Gasteiger partial charge in [0, 0.05) is 32.0 Å². The number of aryl methyl sites for hydroxylation is 1. The maximum Gasteiger partial charge on any atom is 0.255 e. The Morgan fingerprint density at radius 2 is 2.17 bits per heavy atom. The highest BCUT2D eigenvalue weighted by atomic mass is 19.1. The zero-order valence-corrected chi connectivity index (χ0v) is 13.8. The van der Waals surface area contributed by atoms with Crippen LogP contribution >= 0.6 is 0 Å². The first-order valence-electron chi connectivity index (χ1n) is 8.03. The molecule has 5 heteroatoms. The lowest BCUT2D eigenvalue weighted by Crippen LogP contribution is -2.36. The first-order chi connectivity index (χ1) is 10.9. The van der Waals surface area contributed by atoms with Crippen molar-refractivity contribution >= 4 is 0 Å². The van der Waals surface area contributed by atoms with Crippen LogP contribution in [0.4, 0.5) is 4.39 Å². The summed E-state index contributed by atoms with van der Waals surface area (Å²) >= 11 is 0. The van der Waals surface area contributed by atoms with Gasteiger partial charge < -0.3 is 4.98 Å². The average molecular weight is 315 g/mol. The summed E-state index contributed by atoms with van der Waals surface area (Å²) in [7, 11) is 0. The largest absolute Gasteiger partial charge is 0.310 e. The molecule has 0 atom stereocenters. The fourth-order valence-corrected chi connectivity index (χ4v) is 2.90. The zero-order chi connectivity index (χ0) is 16.6. The van der Waals surface area contributed by atoms with Gasteiger partial charge in [0.15, 0.2) is 0 Å². The molecule has 0 saturated carbocycles. The molecule has 0 amide bonds. The number of benzene rings is 1. The van der Waals surface area contributed by atoms with Crippen molar-refractivity contribution in [3.63, 3.8) is 0 Å². The first-order valence-corrected chi connectivity index (χ1v) is 8.03. The topological polar surface area (TPSA) is 49.0 Å². The molecular formula is C18H22FN3O. The monoisotopic (exact) mass is 315 g/mol. The van der Waals surface area contributed by atoms with Crippen LogP contribution in [0.2, 0.25) is 0 Å². The van der Waals surface area contributed by atoms with Gasteiger partial charge >= 0.3 is 0 Å². The molecule has 1 aliphatic rings. The number of nitrogens with one attached hydrogen (secondary N) is 1. The van der Waals surface area contributed by atoms with Gasteiger partial charge in [-0.2, -0.15) is 0 Å². The van der Waals surface area contributed by atoms with E-state index in [1.807, 2.05) is 19.9 Å². The molecule has 1 aromatic heterocycles. The maximum atomic E-state index is 13.7. The van der Waals surface area contributed by atoms with Crippen LogP contribution in [0, 0.1) is 12.7 Å². The Balaban J connectivity index is 1.80. The Labute approximate surface area is 135 Å². The van der Waals surface area contributed by atoms with Crippen LogP contribution in [-0.4, -0.2) is 21.4 Å². The lowest BCUT2D eigenvalue weighted by Gasteiger charge is -2.28. The van der Waals surface area contributed by atoms with E-state index >= 15 is 0 Å². The fourth-order valence-electron chi connectivity index (χ4n) is 2.90. The Kier molecular flexibility index (Phi) is 4.31. The van der Waals surface area contributed by atoms with Gasteiger partial charge in [-0.05, 0) is 24.1 Å². The number of halogens is 1. The highest BCUT2D eigenvalue weighted by Crippen LogP contribution is 2.19. The van der Waals surface area contributed by atoms with Crippen molar-refractivity contribution in [2.45, 2.75) is 46.2 Å². The number of H-pyrrole nitrogens is 1. The second-order valence-electron chi connectivity index (χ2n) is 6.58. The molecular weight excluding hydrogens is 293 g/mol. The van der Waals surface area contributed by atoms with Crippen molar-refractivity contribution in [2.24, 2.45) is 0 Å². The summed E-state index contributed by atoms with van der Waals surface area (Å²) in [5.74, 6) is 0.783. The molecule has 1 N–H and O–H groups in total. The van der Waals surface area contributed by atoms with Crippen LogP contribution in [-0.2, 0) is 19.5 Å². The van der Waals surface area contributed by atoms with Crippen molar-refractivity contribution in [3.05, 3.63) is 62.6 Å². The third-order valence-corrected chi connectivity index (χ3v) is 4.36. The summed E-state index contributed by atoms with van der Waals surface area (Å²) in [6, 6.07) is 5.32. The number of hydrogen-bond acceptors (Lipinski definition) is 3. The lowest BCUT2D eigenvalue weighted by atomic mass is 10.0. The Bertz CT molecular complexity index is 782. The van der Waals surface area contributed by atoms with E-state index in [4.69, 9.17) is 0 Å². The van der Waals surface area contributed by atoms with Crippen LogP contribution in [0.25, 0.3) is 0 Å². The van der Waals surface area contributed by atoms with Crippen LogP contribution in [0.15, 0.2) is 23.0 Å². The smallest absolute Gasteiger partial charge is 0.255 e. The quantitative estimate of drug-likeness (QED) is 0.947. The lowest BCUT2D eigenvalue weighted by molar-refractivity contribution is 0.241. The number of hydrogen-bond donors (Lipinski definition) is 1. The van der Waals surface area contributed by atoms with Crippen molar-refractivity contribution in [2.75, 3.05) is 6.54 Å². The molecule has 1 aromatic carbocycles. The van der Waals surface area contributed by atoms with Crippen LogP contribution in [0.3, 0.4) is 0 Å². The van der Waals surface area contributed by atoms with Gasteiger partial charge in [-0.25, -0.2) is 9.37 Å². The molecule has 0 bridgehead atoms. The number of aromatic nitrogens is 2. The molecule has 0 saturated heterocycles. The summed E-state index contributed by atoms with van der Waals surface area (Å²) in [5, 5.41) is 0. The normalized spacial score (nSPS) is 15.0. The summed E-state index contributed by atoms with van der Waals surface area (Å²) in [4.78, 5) is 21.9. The third kappa shape index (κ3) is 3.34. The number of fused-ring (bicyclic) bond motifs is 1. The van der Waals surface area contributed by atoms with E-state index in [9.17, 15) is 9.18 Å². The van der Waals surface area contributed by atoms with Crippen molar-refractivity contribution in [3.8, 4) is 0 Å². The second kappa shape index (κ2) is 6.24. The Morgan fingerprint density at radius 1 is 1.39 bits per heavy atom.